The molecule has 0 spiro atoms. The Morgan fingerprint density at radius 3 is 2.69 bits per heavy atom. The second kappa shape index (κ2) is 11.3. The number of hydrogen-bond donors (Lipinski definition) is 1. The Kier molecular flexibility index (Phi) is 7.66. The number of imidazole rings is 1. The molecule has 0 bridgehead atoms. The largest absolute Gasteiger partial charge is 0.381 e. The predicted octanol–water partition coefficient (Wildman–Crippen LogP) is 5.98. The highest BCUT2D eigenvalue weighted by atomic mass is 35.5. The Balaban J connectivity index is 1.38. The lowest BCUT2D eigenvalue weighted by Gasteiger charge is -2.20. The van der Waals surface area contributed by atoms with Gasteiger partial charge in [0.25, 0.3) is 0 Å². The number of anilines is 1. The van der Waals surface area contributed by atoms with Crippen LogP contribution < -0.4 is 5.32 Å². The van der Waals surface area contributed by atoms with E-state index in [1.807, 2.05) is 28.7 Å². The van der Waals surface area contributed by atoms with E-state index in [0.29, 0.717) is 34.0 Å². The molecule has 3 aromatic heterocycles. The van der Waals surface area contributed by atoms with Gasteiger partial charge in [0, 0.05) is 54.5 Å². The van der Waals surface area contributed by atoms with Gasteiger partial charge in [-0.25, -0.2) is 9.97 Å². The fourth-order valence-electron chi connectivity index (χ4n) is 4.45. The van der Waals surface area contributed by atoms with E-state index in [2.05, 4.69) is 22.6 Å². The van der Waals surface area contributed by atoms with Crippen molar-refractivity contribution in [2.45, 2.75) is 32.1 Å². The number of ether oxygens (including phenoxy) is 1. The van der Waals surface area contributed by atoms with E-state index in [1.54, 1.807) is 18.3 Å². The number of nitrogens with one attached hydrogen (secondary N) is 1. The van der Waals surface area contributed by atoms with Gasteiger partial charge in [0.15, 0.2) is 0 Å². The van der Waals surface area contributed by atoms with Crippen molar-refractivity contribution < 1.29 is 4.74 Å². The molecule has 5 rings (SSSR count). The minimum Gasteiger partial charge on any atom is -0.381 e. The van der Waals surface area contributed by atoms with Gasteiger partial charge in [0.2, 0.25) is 5.95 Å². The summed E-state index contributed by atoms with van der Waals surface area (Å²) in [5.41, 5.74) is 4.94. The molecule has 36 heavy (non-hydrogen) atoms. The molecule has 0 radical (unpaired) electrons. The van der Waals surface area contributed by atoms with Crippen LogP contribution in [-0.2, 0) is 17.6 Å². The topological polar surface area (TPSA) is 88.1 Å². The van der Waals surface area contributed by atoms with Gasteiger partial charge in [-0.3, -0.25) is 9.38 Å². The Bertz CT molecular complexity index is 1390. The van der Waals surface area contributed by atoms with Gasteiger partial charge in [0.1, 0.15) is 11.7 Å². The average molecular weight is 521 g/mol. The second-order valence-corrected chi connectivity index (χ2v) is 9.83. The summed E-state index contributed by atoms with van der Waals surface area (Å²) in [6.45, 7) is 2.34. The van der Waals surface area contributed by atoms with Crippen LogP contribution in [0.2, 0.25) is 10.0 Å². The van der Waals surface area contributed by atoms with Gasteiger partial charge in [0.05, 0.1) is 22.0 Å². The Hall–Kier alpha value is -3.18. The van der Waals surface area contributed by atoms with Crippen molar-refractivity contribution >= 4 is 34.8 Å². The van der Waals surface area contributed by atoms with Gasteiger partial charge in [-0.1, -0.05) is 23.2 Å². The number of benzene rings is 1. The molecule has 0 unspecified atom stereocenters. The summed E-state index contributed by atoms with van der Waals surface area (Å²) in [5.74, 6) is 1.30. The highest BCUT2D eigenvalue weighted by Crippen LogP contribution is 2.31. The van der Waals surface area contributed by atoms with Gasteiger partial charge in [-0.15, -0.1) is 0 Å². The molecule has 7 nitrogen and oxygen atoms in total. The van der Waals surface area contributed by atoms with E-state index < -0.39 is 0 Å². The van der Waals surface area contributed by atoms with Crippen molar-refractivity contribution in [1.82, 2.24) is 19.4 Å². The molecule has 1 N–H and O–H groups in total. The van der Waals surface area contributed by atoms with Gasteiger partial charge >= 0.3 is 0 Å². The smallest absolute Gasteiger partial charge is 0.209 e. The number of hydrogen-bond acceptors (Lipinski definition) is 6. The summed E-state index contributed by atoms with van der Waals surface area (Å²) in [7, 11) is 0. The standard InChI is InChI=1S/C27H26Cl2N6O/c28-20-4-6-23(24(29)13-20)25-14-26-33-22(12-18-7-10-36-11-8-18)17-35(26)27(34-25)31-9-1-2-21-5-3-19(15-30)16-32-21/h3-6,13-14,16-18H,1-2,7-12H2,(H,31,34). The highest BCUT2D eigenvalue weighted by molar-refractivity contribution is 6.36. The van der Waals surface area contributed by atoms with Gasteiger partial charge < -0.3 is 10.1 Å². The Morgan fingerprint density at radius 1 is 1.08 bits per heavy atom. The molecule has 184 valence electrons. The quantitative estimate of drug-likeness (QED) is 0.287. The second-order valence-electron chi connectivity index (χ2n) is 8.99. The minimum atomic E-state index is 0.547. The van der Waals surface area contributed by atoms with Crippen molar-refractivity contribution in [3.8, 4) is 17.3 Å². The Morgan fingerprint density at radius 2 is 1.94 bits per heavy atom. The molecule has 1 aliphatic rings. The first-order valence-corrected chi connectivity index (χ1v) is 12.9. The zero-order valence-electron chi connectivity index (χ0n) is 19.8. The minimum absolute atomic E-state index is 0.547. The van der Waals surface area contributed by atoms with Crippen LogP contribution in [0.1, 0.15) is 36.2 Å². The molecule has 1 aromatic carbocycles. The maximum atomic E-state index is 8.95. The highest BCUT2D eigenvalue weighted by Gasteiger charge is 2.18. The van der Waals surface area contributed by atoms with Crippen LogP contribution in [0.5, 0.6) is 0 Å². The third-order valence-corrected chi connectivity index (χ3v) is 6.94. The number of nitriles is 1. The molecule has 4 heterocycles. The van der Waals surface area contributed by atoms with Gasteiger partial charge in [-0.2, -0.15) is 5.26 Å². The van der Waals surface area contributed by atoms with Crippen molar-refractivity contribution in [2.24, 2.45) is 5.92 Å². The number of aromatic nitrogens is 4. The van der Waals surface area contributed by atoms with Crippen molar-refractivity contribution in [3.63, 3.8) is 0 Å². The molecular formula is C27H26Cl2N6O. The van der Waals surface area contributed by atoms with E-state index >= 15 is 0 Å². The van der Waals surface area contributed by atoms with E-state index in [0.717, 1.165) is 73.6 Å². The van der Waals surface area contributed by atoms with Crippen LogP contribution in [0.25, 0.3) is 16.9 Å². The molecule has 9 heteroatoms. The zero-order valence-corrected chi connectivity index (χ0v) is 21.3. The first-order valence-electron chi connectivity index (χ1n) is 12.1. The predicted molar refractivity (Wildman–Crippen MR) is 141 cm³/mol. The molecule has 4 aromatic rings. The van der Waals surface area contributed by atoms with E-state index in [9.17, 15) is 0 Å². The average Bonchev–Trinajstić information content (AvgIpc) is 3.30. The number of rotatable bonds is 8. The fourth-order valence-corrected chi connectivity index (χ4v) is 4.96. The fraction of sp³-hybridized carbons (Fsp3) is 0.333. The number of aryl methyl sites for hydroxylation is 1. The Labute approximate surface area is 220 Å². The number of fused-ring (bicyclic) bond motifs is 1. The summed E-state index contributed by atoms with van der Waals surface area (Å²) in [5, 5.41) is 13.6. The molecule has 0 atom stereocenters. The normalized spacial score (nSPS) is 14.1. The van der Waals surface area contributed by atoms with Crippen molar-refractivity contribution in [2.75, 3.05) is 25.1 Å². The third-order valence-electron chi connectivity index (χ3n) is 6.40. The molecule has 0 aliphatic carbocycles. The van der Waals surface area contributed by atoms with Crippen molar-refractivity contribution in [3.05, 3.63) is 75.8 Å². The van der Waals surface area contributed by atoms with Gasteiger partial charge in [-0.05, 0) is 68.4 Å². The summed E-state index contributed by atoms with van der Waals surface area (Å²) in [4.78, 5) is 14.2. The molecule has 1 fully saturated rings. The monoisotopic (exact) mass is 520 g/mol. The van der Waals surface area contributed by atoms with Crippen LogP contribution in [0, 0.1) is 17.2 Å². The lowest BCUT2D eigenvalue weighted by atomic mass is 9.95. The summed E-state index contributed by atoms with van der Waals surface area (Å²) >= 11 is 12.6. The zero-order chi connectivity index (χ0) is 24.9. The molecule has 1 saturated heterocycles. The summed E-state index contributed by atoms with van der Waals surface area (Å²) in [6.07, 6.45) is 8.39. The van der Waals surface area contributed by atoms with E-state index in [-0.39, 0.29) is 0 Å². The SMILES string of the molecule is N#Cc1ccc(CCCNc2nc(-c3ccc(Cl)cc3Cl)cc3nc(CC4CCOCC4)cn23)nc1. The molecule has 1 aliphatic heterocycles. The van der Waals surface area contributed by atoms with E-state index in [1.165, 1.54) is 0 Å². The first kappa shape index (κ1) is 24.5. The van der Waals surface area contributed by atoms with Crippen molar-refractivity contribution in [1.29, 1.82) is 5.26 Å². The lowest BCUT2D eigenvalue weighted by molar-refractivity contribution is 0.0663. The maximum absolute atomic E-state index is 8.95. The molecule has 0 saturated carbocycles. The van der Waals surface area contributed by atoms with Crippen LogP contribution in [0.15, 0.2) is 48.8 Å². The molecular weight excluding hydrogens is 495 g/mol. The first-order chi connectivity index (χ1) is 17.6. The maximum Gasteiger partial charge on any atom is 0.209 e. The summed E-state index contributed by atoms with van der Waals surface area (Å²) in [6, 6.07) is 13.2. The van der Waals surface area contributed by atoms with Crippen LogP contribution in [0.4, 0.5) is 5.95 Å². The number of nitrogens with zero attached hydrogens (tertiary/aromatic N) is 5. The number of halogens is 2. The molecule has 0 amide bonds. The van der Waals surface area contributed by atoms with Crippen LogP contribution >= 0.6 is 23.2 Å². The lowest BCUT2D eigenvalue weighted by Crippen LogP contribution is -2.17. The van der Waals surface area contributed by atoms with Crippen LogP contribution in [0.3, 0.4) is 0 Å². The summed E-state index contributed by atoms with van der Waals surface area (Å²) < 4.78 is 7.53. The van der Waals surface area contributed by atoms with Crippen LogP contribution in [-0.4, -0.2) is 39.1 Å². The third kappa shape index (κ3) is 5.79. The van der Waals surface area contributed by atoms with E-state index in [4.69, 9.17) is 43.2 Å². The number of pyridine rings is 1.